The average molecular weight is 489 g/mol. The van der Waals surface area contributed by atoms with Gasteiger partial charge in [0.05, 0.1) is 19.8 Å². The van der Waals surface area contributed by atoms with E-state index in [2.05, 4.69) is 32.6 Å². The summed E-state index contributed by atoms with van der Waals surface area (Å²) in [6, 6.07) is 21.5. The Balaban J connectivity index is 1.31. The van der Waals surface area contributed by atoms with Crippen LogP contribution in [0.5, 0.6) is 5.75 Å². The second-order valence-electron chi connectivity index (χ2n) is 9.23. The van der Waals surface area contributed by atoms with Gasteiger partial charge in [-0.25, -0.2) is 0 Å². The monoisotopic (exact) mass is 488 g/mol. The van der Waals surface area contributed by atoms with E-state index < -0.39 is 0 Å². The number of nitrogens with one attached hydrogen (secondary N) is 2. The van der Waals surface area contributed by atoms with Crippen molar-refractivity contribution in [2.75, 3.05) is 69.1 Å². The molecule has 0 atom stereocenters. The van der Waals surface area contributed by atoms with Gasteiger partial charge in [0, 0.05) is 62.0 Å². The fourth-order valence-corrected chi connectivity index (χ4v) is 4.06. The third-order valence-corrected chi connectivity index (χ3v) is 6.24. The summed E-state index contributed by atoms with van der Waals surface area (Å²) in [7, 11) is 4.04. The SMILES string of the molecule is Cc1ccc(Nc2cccc(N(C)C)c2)cc1NC(=O)c1ccc(OCCCN2CCOCC2)cc1. The second-order valence-corrected chi connectivity index (χ2v) is 9.23. The quantitative estimate of drug-likeness (QED) is 0.385. The Labute approximate surface area is 214 Å². The molecule has 1 heterocycles. The van der Waals surface area contributed by atoms with Crippen LogP contribution in [0.1, 0.15) is 22.3 Å². The Kier molecular flexibility index (Phi) is 8.81. The van der Waals surface area contributed by atoms with Gasteiger partial charge in [-0.1, -0.05) is 12.1 Å². The number of nitrogens with zero attached hydrogens (tertiary/aromatic N) is 2. The van der Waals surface area contributed by atoms with Gasteiger partial charge in [0.2, 0.25) is 0 Å². The average Bonchev–Trinajstić information content (AvgIpc) is 2.89. The topological polar surface area (TPSA) is 66.1 Å². The lowest BCUT2D eigenvalue weighted by Crippen LogP contribution is -2.37. The third-order valence-electron chi connectivity index (χ3n) is 6.24. The van der Waals surface area contributed by atoms with Gasteiger partial charge in [0.25, 0.3) is 5.91 Å². The Morgan fingerprint density at radius 1 is 1.00 bits per heavy atom. The first kappa shape index (κ1) is 25.5. The summed E-state index contributed by atoms with van der Waals surface area (Å²) in [6.07, 6.45) is 0.964. The molecule has 0 saturated carbocycles. The summed E-state index contributed by atoms with van der Waals surface area (Å²) in [5.41, 5.74) is 5.38. The van der Waals surface area contributed by atoms with Crippen LogP contribution < -0.4 is 20.3 Å². The molecule has 1 saturated heterocycles. The van der Waals surface area contributed by atoms with Gasteiger partial charge in [-0.05, 0) is 73.5 Å². The summed E-state index contributed by atoms with van der Waals surface area (Å²) >= 11 is 0. The van der Waals surface area contributed by atoms with E-state index in [1.165, 1.54) is 0 Å². The maximum atomic E-state index is 12.9. The Bertz CT molecular complexity index is 1140. The highest BCUT2D eigenvalue weighted by atomic mass is 16.5. The first-order valence-corrected chi connectivity index (χ1v) is 12.5. The Morgan fingerprint density at radius 2 is 1.75 bits per heavy atom. The van der Waals surface area contributed by atoms with E-state index in [1.807, 2.05) is 63.5 Å². The smallest absolute Gasteiger partial charge is 0.255 e. The highest BCUT2D eigenvalue weighted by Gasteiger charge is 2.11. The number of carbonyl (C=O) groups is 1. The third kappa shape index (κ3) is 7.23. The standard InChI is InChI=1S/C29H36N4O3/c1-22-8-11-25(30-24-6-4-7-26(20-24)32(2)3)21-28(22)31-29(34)23-9-12-27(13-10-23)36-17-5-14-33-15-18-35-19-16-33/h4,6-13,20-21,30H,5,14-19H2,1-3H3,(H,31,34). The molecule has 7 nitrogen and oxygen atoms in total. The minimum absolute atomic E-state index is 0.149. The number of amides is 1. The van der Waals surface area contributed by atoms with Crippen molar-refractivity contribution in [1.29, 1.82) is 0 Å². The molecule has 36 heavy (non-hydrogen) atoms. The van der Waals surface area contributed by atoms with Crippen LogP contribution in [0.2, 0.25) is 0 Å². The molecule has 1 amide bonds. The Morgan fingerprint density at radius 3 is 2.50 bits per heavy atom. The molecule has 3 aromatic carbocycles. The molecule has 190 valence electrons. The highest BCUT2D eigenvalue weighted by Crippen LogP contribution is 2.26. The van der Waals surface area contributed by atoms with Crippen molar-refractivity contribution in [1.82, 2.24) is 4.90 Å². The van der Waals surface area contributed by atoms with E-state index in [0.29, 0.717) is 12.2 Å². The first-order valence-electron chi connectivity index (χ1n) is 12.5. The molecular formula is C29H36N4O3. The van der Waals surface area contributed by atoms with Crippen molar-refractivity contribution in [3.8, 4) is 5.75 Å². The van der Waals surface area contributed by atoms with Crippen molar-refractivity contribution in [2.24, 2.45) is 0 Å². The first-order chi connectivity index (χ1) is 17.5. The number of hydrogen-bond acceptors (Lipinski definition) is 6. The van der Waals surface area contributed by atoms with E-state index in [-0.39, 0.29) is 5.91 Å². The van der Waals surface area contributed by atoms with E-state index >= 15 is 0 Å². The summed E-state index contributed by atoms with van der Waals surface area (Å²) in [5.74, 6) is 0.625. The van der Waals surface area contributed by atoms with Gasteiger partial charge in [-0.2, -0.15) is 0 Å². The summed E-state index contributed by atoms with van der Waals surface area (Å²) in [4.78, 5) is 17.4. The molecule has 7 heteroatoms. The normalized spacial score (nSPS) is 13.8. The minimum Gasteiger partial charge on any atom is -0.494 e. The van der Waals surface area contributed by atoms with E-state index in [1.54, 1.807) is 12.1 Å². The van der Waals surface area contributed by atoms with Crippen LogP contribution in [0, 0.1) is 6.92 Å². The van der Waals surface area contributed by atoms with Gasteiger partial charge in [-0.15, -0.1) is 0 Å². The Hall–Kier alpha value is -3.55. The lowest BCUT2D eigenvalue weighted by atomic mass is 10.1. The van der Waals surface area contributed by atoms with Crippen molar-refractivity contribution < 1.29 is 14.3 Å². The van der Waals surface area contributed by atoms with Crippen LogP contribution in [0.15, 0.2) is 66.7 Å². The van der Waals surface area contributed by atoms with Crippen LogP contribution in [0.25, 0.3) is 0 Å². The van der Waals surface area contributed by atoms with Crippen LogP contribution in [0.3, 0.4) is 0 Å². The maximum absolute atomic E-state index is 12.9. The molecule has 0 aromatic heterocycles. The number of anilines is 4. The largest absolute Gasteiger partial charge is 0.494 e. The van der Waals surface area contributed by atoms with Crippen LogP contribution in [-0.2, 0) is 4.74 Å². The molecule has 1 fully saturated rings. The number of carbonyl (C=O) groups excluding carboxylic acids is 1. The molecule has 0 aliphatic carbocycles. The van der Waals surface area contributed by atoms with Crippen molar-refractivity contribution >= 4 is 28.7 Å². The number of morpholine rings is 1. The van der Waals surface area contributed by atoms with Crippen molar-refractivity contribution in [3.05, 3.63) is 77.9 Å². The highest BCUT2D eigenvalue weighted by molar-refractivity contribution is 6.05. The van der Waals surface area contributed by atoms with E-state index in [0.717, 1.165) is 73.3 Å². The molecule has 4 rings (SSSR count). The molecule has 0 unspecified atom stereocenters. The van der Waals surface area contributed by atoms with Gasteiger partial charge in [0.1, 0.15) is 5.75 Å². The van der Waals surface area contributed by atoms with Gasteiger partial charge in [0.15, 0.2) is 0 Å². The summed E-state index contributed by atoms with van der Waals surface area (Å²) < 4.78 is 11.2. The van der Waals surface area contributed by atoms with Crippen LogP contribution in [-0.4, -0.2) is 64.4 Å². The fourth-order valence-electron chi connectivity index (χ4n) is 4.06. The van der Waals surface area contributed by atoms with Crippen molar-refractivity contribution in [2.45, 2.75) is 13.3 Å². The number of aryl methyl sites for hydroxylation is 1. The van der Waals surface area contributed by atoms with Gasteiger partial charge in [-0.3, -0.25) is 9.69 Å². The summed E-state index contributed by atoms with van der Waals surface area (Å²) in [5, 5.41) is 6.48. The van der Waals surface area contributed by atoms with Gasteiger partial charge < -0.3 is 25.0 Å². The molecule has 1 aliphatic rings. The zero-order valence-electron chi connectivity index (χ0n) is 21.4. The maximum Gasteiger partial charge on any atom is 0.255 e. The zero-order chi connectivity index (χ0) is 25.3. The van der Waals surface area contributed by atoms with Crippen molar-refractivity contribution in [3.63, 3.8) is 0 Å². The lowest BCUT2D eigenvalue weighted by Gasteiger charge is -2.26. The van der Waals surface area contributed by atoms with E-state index in [4.69, 9.17) is 9.47 Å². The second kappa shape index (κ2) is 12.4. The molecule has 0 bridgehead atoms. The molecule has 1 aliphatic heterocycles. The van der Waals surface area contributed by atoms with E-state index in [9.17, 15) is 4.79 Å². The van der Waals surface area contributed by atoms with Crippen LogP contribution in [0.4, 0.5) is 22.7 Å². The van der Waals surface area contributed by atoms with Crippen LogP contribution >= 0.6 is 0 Å². The van der Waals surface area contributed by atoms with Gasteiger partial charge >= 0.3 is 0 Å². The lowest BCUT2D eigenvalue weighted by molar-refractivity contribution is 0.0358. The zero-order valence-corrected chi connectivity index (χ0v) is 21.4. The molecule has 0 radical (unpaired) electrons. The minimum atomic E-state index is -0.149. The predicted molar refractivity (Wildman–Crippen MR) is 147 cm³/mol. The number of benzene rings is 3. The fraction of sp³-hybridized carbons (Fsp3) is 0.345. The molecule has 3 aromatic rings. The molecule has 2 N–H and O–H groups in total. The number of hydrogen-bond donors (Lipinski definition) is 2. The molecular weight excluding hydrogens is 452 g/mol. The number of rotatable bonds is 10. The number of ether oxygens (including phenoxy) is 2. The summed E-state index contributed by atoms with van der Waals surface area (Å²) in [6.45, 7) is 7.26. The predicted octanol–water partition coefficient (Wildman–Crippen LogP) is 5.16. The molecule has 0 spiro atoms.